The van der Waals surface area contributed by atoms with Crippen LogP contribution in [0.4, 0.5) is 18.9 Å². The number of rotatable bonds is 6. The molecular formula is C16H17ClF3N3O3. The first-order valence-corrected chi connectivity index (χ1v) is 8.07. The van der Waals surface area contributed by atoms with Gasteiger partial charge in [0.1, 0.15) is 16.5 Å². The lowest BCUT2D eigenvalue weighted by Gasteiger charge is -2.13. The van der Waals surface area contributed by atoms with E-state index in [1.807, 2.05) is 0 Å². The van der Waals surface area contributed by atoms with Gasteiger partial charge in [-0.3, -0.25) is 9.48 Å². The molecule has 1 N–H and O–H groups in total. The average molecular weight is 392 g/mol. The highest BCUT2D eigenvalue weighted by Gasteiger charge is 2.40. The van der Waals surface area contributed by atoms with Gasteiger partial charge in [0.2, 0.25) is 0 Å². The van der Waals surface area contributed by atoms with Crippen LogP contribution in [0.5, 0.6) is 11.5 Å². The zero-order valence-corrected chi connectivity index (χ0v) is 15.0. The first-order chi connectivity index (χ1) is 12.2. The van der Waals surface area contributed by atoms with Crippen molar-refractivity contribution >= 4 is 23.2 Å². The first-order valence-electron chi connectivity index (χ1n) is 7.69. The molecule has 0 atom stereocenters. The molecule has 0 bridgehead atoms. The Balaban J connectivity index is 2.37. The summed E-state index contributed by atoms with van der Waals surface area (Å²) in [6, 6.07) is 4.75. The predicted octanol–water partition coefficient (Wildman–Crippen LogP) is 4.14. The fraction of sp³-hybridized carbons (Fsp3) is 0.375. The number of hydrogen-bond acceptors (Lipinski definition) is 4. The van der Waals surface area contributed by atoms with E-state index in [4.69, 9.17) is 21.1 Å². The third-order valence-corrected chi connectivity index (χ3v) is 3.64. The van der Waals surface area contributed by atoms with Crippen molar-refractivity contribution in [3.63, 3.8) is 0 Å². The summed E-state index contributed by atoms with van der Waals surface area (Å²) in [6.07, 6.45) is -4.73. The van der Waals surface area contributed by atoms with E-state index in [0.717, 1.165) is 7.05 Å². The van der Waals surface area contributed by atoms with Crippen LogP contribution in [0.1, 0.15) is 30.0 Å². The van der Waals surface area contributed by atoms with Crippen molar-refractivity contribution in [1.82, 2.24) is 9.78 Å². The average Bonchev–Trinajstić information content (AvgIpc) is 2.85. The number of carbonyl (C=O) groups excluding carboxylic acids is 1. The lowest BCUT2D eigenvalue weighted by atomic mass is 10.2. The standard InChI is InChI=1S/C16H17ClF3N3O3/c1-4-25-9-6-7-11(26-5-2)10(8-9)21-15(24)13-12(17)14(16(18,19)20)23(3)22-13/h6-8H,4-5H2,1-3H3,(H,21,24). The quantitative estimate of drug-likeness (QED) is 0.803. The molecule has 1 aromatic carbocycles. The maximum atomic E-state index is 13.0. The summed E-state index contributed by atoms with van der Waals surface area (Å²) >= 11 is 5.74. The van der Waals surface area contributed by atoms with Gasteiger partial charge in [-0.2, -0.15) is 18.3 Å². The van der Waals surface area contributed by atoms with Gasteiger partial charge in [-0.05, 0) is 26.0 Å². The molecule has 2 aromatic rings. The minimum absolute atomic E-state index is 0.234. The molecule has 1 heterocycles. The van der Waals surface area contributed by atoms with Crippen LogP contribution in [-0.2, 0) is 13.2 Å². The number of amides is 1. The molecule has 0 aliphatic heterocycles. The smallest absolute Gasteiger partial charge is 0.434 e. The summed E-state index contributed by atoms with van der Waals surface area (Å²) in [4.78, 5) is 12.4. The van der Waals surface area contributed by atoms with E-state index in [2.05, 4.69) is 10.4 Å². The second-order valence-electron chi connectivity index (χ2n) is 5.11. The predicted molar refractivity (Wildman–Crippen MR) is 90.0 cm³/mol. The Hall–Kier alpha value is -2.42. The van der Waals surface area contributed by atoms with Crippen LogP contribution < -0.4 is 14.8 Å². The van der Waals surface area contributed by atoms with Crippen LogP contribution in [0.3, 0.4) is 0 Å². The van der Waals surface area contributed by atoms with Gasteiger partial charge in [-0.15, -0.1) is 0 Å². The van der Waals surface area contributed by atoms with Gasteiger partial charge in [-0.1, -0.05) is 11.6 Å². The summed E-state index contributed by atoms with van der Waals surface area (Å²) < 4.78 is 50.3. The summed E-state index contributed by atoms with van der Waals surface area (Å²) in [5.74, 6) is -0.0857. The number of hydrogen-bond donors (Lipinski definition) is 1. The minimum atomic E-state index is -4.73. The van der Waals surface area contributed by atoms with Gasteiger partial charge in [0, 0.05) is 13.1 Å². The molecule has 0 fully saturated rings. The second-order valence-corrected chi connectivity index (χ2v) is 5.49. The first kappa shape index (κ1) is 19.9. The Labute approximate surface area is 152 Å². The van der Waals surface area contributed by atoms with Crippen LogP contribution in [0, 0.1) is 0 Å². The van der Waals surface area contributed by atoms with Gasteiger partial charge in [0.25, 0.3) is 5.91 Å². The molecule has 0 spiro atoms. The van der Waals surface area contributed by atoms with Crippen LogP contribution >= 0.6 is 11.6 Å². The molecule has 142 valence electrons. The molecule has 0 unspecified atom stereocenters. The van der Waals surface area contributed by atoms with Crippen molar-refractivity contribution in [1.29, 1.82) is 0 Å². The Morgan fingerprint density at radius 1 is 1.27 bits per heavy atom. The molecule has 0 aliphatic rings. The van der Waals surface area contributed by atoms with E-state index in [9.17, 15) is 18.0 Å². The van der Waals surface area contributed by atoms with Crippen molar-refractivity contribution < 1.29 is 27.4 Å². The van der Waals surface area contributed by atoms with Crippen molar-refractivity contribution in [2.45, 2.75) is 20.0 Å². The normalized spacial score (nSPS) is 11.3. The van der Waals surface area contributed by atoms with Crippen LogP contribution in [0.2, 0.25) is 5.02 Å². The summed E-state index contributed by atoms with van der Waals surface area (Å²) in [6.45, 7) is 4.29. The maximum Gasteiger partial charge on any atom is 0.434 e. The number of ether oxygens (including phenoxy) is 2. The van der Waals surface area contributed by atoms with Crippen molar-refractivity contribution in [2.24, 2.45) is 7.05 Å². The minimum Gasteiger partial charge on any atom is -0.494 e. The fourth-order valence-electron chi connectivity index (χ4n) is 2.28. The maximum absolute atomic E-state index is 13.0. The van der Waals surface area contributed by atoms with E-state index < -0.39 is 28.5 Å². The van der Waals surface area contributed by atoms with Crippen LogP contribution in [-0.4, -0.2) is 28.9 Å². The van der Waals surface area contributed by atoms with E-state index in [1.54, 1.807) is 26.0 Å². The lowest BCUT2D eigenvalue weighted by Crippen LogP contribution is -2.14. The molecule has 0 saturated carbocycles. The number of benzene rings is 1. The Morgan fingerprint density at radius 2 is 1.92 bits per heavy atom. The topological polar surface area (TPSA) is 65.4 Å². The number of carbonyl (C=O) groups is 1. The summed E-state index contributed by atoms with van der Waals surface area (Å²) in [5.41, 5.74) is -1.50. The highest BCUT2D eigenvalue weighted by Crippen LogP contribution is 2.36. The van der Waals surface area contributed by atoms with E-state index in [0.29, 0.717) is 29.4 Å². The number of anilines is 1. The monoisotopic (exact) mass is 391 g/mol. The summed E-state index contributed by atoms with van der Waals surface area (Å²) in [5, 5.41) is 5.29. The Bertz CT molecular complexity index is 806. The molecule has 26 heavy (non-hydrogen) atoms. The third-order valence-electron chi connectivity index (χ3n) is 3.28. The zero-order valence-electron chi connectivity index (χ0n) is 14.3. The van der Waals surface area contributed by atoms with Crippen molar-refractivity contribution in [3.8, 4) is 11.5 Å². The SMILES string of the molecule is CCOc1ccc(OCC)c(NC(=O)c2nn(C)c(C(F)(F)F)c2Cl)c1. The second kappa shape index (κ2) is 7.86. The molecule has 1 aromatic heterocycles. The van der Waals surface area contributed by atoms with Crippen LogP contribution in [0.25, 0.3) is 0 Å². The van der Waals surface area contributed by atoms with E-state index in [-0.39, 0.29) is 5.69 Å². The molecule has 2 rings (SSSR count). The van der Waals surface area contributed by atoms with Gasteiger partial charge in [-0.25, -0.2) is 0 Å². The van der Waals surface area contributed by atoms with Crippen molar-refractivity contribution in [3.05, 3.63) is 34.6 Å². The number of nitrogens with zero attached hydrogens (tertiary/aromatic N) is 2. The van der Waals surface area contributed by atoms with Gasteiger partial charge < -0.3 is 14.8 Å². The molecule has 0 saturated heterocycles. The fourth-order valence-corrected chi connectivity index (χ4v) is 2.63. The number of alkyl halides is 3. The molecule has 0 aliphatic carbocycles. The lowest BCUT2D eigenvalue weighted by molar-refractivity contribution is -0.143. The van der Waals surface area contributed by atoms with E-state index in [1.165, 1.54) is 6.07 Å². The highest BCUT2D eigenvalue weighted by atomic mass is 35.5. The van der Waals surface area contributed by atoms with E-state index >= 15 is 0 Å². The van der Waals surface area contributed by atoms with Gasteiger partial charge in [0.05, 0.1) is 18.9 Å². The van der Waals surface area contributed by atoms with Crippen LogP contribution in [0.15, 0.2) is 18.2 Å². The highest BCUT2D eigenvalue weighted by molar-refractivity contribution is 6.34. The molecule has 6 nitrogen and oxygen atoms in total. The Kier molecular flexibility index (Phi) is 6.01. The van der Waals surface area contributed by atoms with Crippen molar-refractivity contribution in [2.75, 3.05) is 18.5 Å². The zero-order chi connectivity index (χ0) is 19.5. The van der Waals surface area contributed by atoms with Gasteiger partial charge >= 0.3 is 6.18 Å². The number of nitrogens with one attached hydrogen (secondary N) is 1. The third kappa shape index (κ3) is 4.21. The molecular weight excluding hydrogens is 375 g/mol. The molecule has 10 heteroatoms. The number of aryl methyl sites for hydroxylation is 1. The number of halogens is 4. The Morgan fingerprint density at radius 3 is 2.46 bits per heavy atom. The largest absolute Gasteiger partial charge is 0.494 e. The molecule has 0 radical (unpaired) electrons. The summed E-state index contributed by atoms with van der Waals surface area (Å²) in [7, 11) is 1.06. The molecule has 1 amide bonds. The van der Waals surface area contributed by atoms with Gasteiger partial charge in [0.15, 0.2) is 11.4 Å². The number of aromatic nitrogens is 2.